The van der Waals surface area contributed by atoms with Crippen LogP contribution < -0.4 is 4.74 Å². The summed E-state index contributed by atoms with van der Waals surface area (Å²) in [4.78, 5) is 2.33. The van der Waals surface area contributed by atoms with E-state index in [0.717, 1.165) is 25.1 Å². The molecule has 1 unspecified atom stereocenters. The van der Waals surface area contributed by atoms with E-state index in [1.807, 2.05) is 13.0 Å². The average Bonchev–Trinajstić information content (AvgIpc) is 2.29. The molecule has 0 N–H and O–H groups in total. The fourth-order valence-corrected chi connectivity index (χ4v) is 2.55. The van der Waals surface area contributed by atoms with Crippen LogP contribution in [0.4, 0.5) is 4.39 Å². The summed E-state index contributed by atoms with van der Waals surface area (Å²) in [5.41, 5.74) is 1.15. The second-order valence-corrected chi connectivity index (χ2v) is 4.72. The second kappa shape index (κ2) is 5.50. The van der Waals surface area contributed by atoms with Gasteiger partial charge >= 0.3 is 0 Å². The van der Waals surface area contributed by atoms with Crippen molar-refractivity contribution in [2.75, 3.05) is 26.7 Å². The molecule has 1 aromatic rings. The quantitative estimate of drug-likeness (QED) is 0.801. The molecular weight excluding hydrogens is 217 g/mol. The SMILES string of the molecule is CCOc1cc(F)ccc1C1CCCN(C)C1. The lowest BCUT2D eigenvalue weighted by Gasteiger charge is -2.30. The van der Waals surface area contributed by atoms with Crippen molar-refractivity contribution in [1.82, 2.24) is 4.90 Å². The molecule has 1 fully saturated rings. The van der Waals surface area contributed by atoms with Gasteiger partial charge < -0.3 is 9.64 Å². The van der Waals surface area contributed by atoms with Crippen molar-refractivity contribution in [1.29, 1.82) is 0 Å². The molecular formula is C14H20FNO. The molecule has 0 bridgehead atoms. The van der Waals surface area contributed by atoms with Crippen LogP contribution in [0.3, 0.4) is 0 Å². The minimum Gasteiger partial charge on any atom is -0.493 e. The fourth-order valence-electron chi connectivity index (χ4n) is 2.55. The summed E-state index contributed by atoms with van der Waals surface area (Å²) in [5.74, 6) is 0.963. The number of nitrogens with zero attached hydrogens (tertiary/aromatic N) is 1. The third-order valence-electron chi connectivity index (χ3n) is 3.34. The highest BCUT2D eigenvalue weighted by Crippen LogP contribution is 2.33. The van der Waals surface area contributed by atoms with Gasteiger partial charge in [-0.3, -0.25) is 0 Å². The van der Waals surface area contributed by atoms with Crippen molar-refractivity contribution < 1.29 is 9.13 Å². The van der Waals surface area contributed by atoms with E-state index in [2.05, 4.69) is 11.9 Å². The highest BCUT2D eigenvalue weighted by atomic mass is 19.1. The summed E-state index contributed by atoms with van der Waals surface area (Å²) in [7, 11) is 2.13. The molecule has 2 rings (SSSR count). The Bertz CT molecular complexity index is 380. The number of rotatable bonds is 3. The highest BCUT2D eigenvalue weighted by molar-refractivity contribution is 5.37. The van der Waals surface area contributed by atoms with Crippen LogP contribution in [0.1, 0.15) is 31.2 Å². The molecule has 1 heterocycles. The van der Waals surface area contributed by atoms with Gasteiger partial charge in [-0.2, -0.15) is 0 Å². The Balaban J connectivity index is 2.23. The Kier molecular flexibility index (Phi) is 4.00. The molecule has 1 saturated heterocycles. The maximum absolute atomic E-state index is 13.2. The Morgan fingerprint density at radius 1 is 1.47 bits per heavy atom. The first kappa shape index (κ1) is 12.4. The number of likely N-dealkylation sites (N-methyl/N-ethyl adjacent to an activating group) is 1. The summed E-state index contributed by atoms with van der Waals surface area (Å²) in [6, 6.07) is 4.92. The summed E-state index contributed by atoms with van der Waals surface area (Å²) >= 11 is 0. The Morgan fingerprint density at radius 3 is 3.00 bits per heavy atom. The Hall–Kier alpha value is -1.09. The summed E-state index contributed by atoms with van der Waals surface area (Å²) in [5, 5.41) is 0. The minimum atomic E-state index is -0.221. The van der Waals surface area contributed by atoms with E-state index in [1.165, 1.54) is 18.6 Å². The lowest BCUT2D eigenvalue weighted by Crippen LogP contribution is -2.31. The molecule has 94 valence electrons. The molecule has 0 radical (unpaired) electrons. The second-order valence-electron chi connectivity index (χ2n) is 4.72. The fraction of sp³-hybridized carbons (Fsp3) is 0.571. The Morgan fingerprint density at radius 2 is 2.29 bits per heavy atom. The van der Waals surface area contributed by atoms with Gasteiger partial charge in [0.15, 0.2) is 0 Å². The zero-order valence-electron chi connectivity index (χ0n) is 10.6. The maximum Gasteiger partial charge on any atom is 0.126 e. The van der Waals surface area contributed by atoms with Crippen molar-refractivity contribution in [3.8, 4) is 5.75 Å². The molecule has 1 atom stereocenters. The van der Waals surface area contributed by atoms with Gasteiger partial charge in [0.1, 0.15) is 11.6 Å². The number of hydrogen-bond acceptors (Lipinski definition) is 2. The molecule has 0 saturated carbocycles. The molecule has 1 aromatic carbocycles. The van der Waals surface area contributed by atoms with E-state index in [0.29, 0.717) is 18.3 Å². The normalized spacial score (nSPS) is 21.5. The first-order chi connectivity index (χ1) is 8.20. The smallest absolute Gasteiger partial charge is 0.126 e. The summed E-state index contributed by atoms with van der Waals surface area (Å²) in [6.07, 6.45) is 2.36. The van der Waals surface area contributed by atoms with Crippen LogP contribution in [0.2, 0.25) is 0 Å². The first-order valence-electron chi connectivity index (χ1n) is 6.31. The number of ether oxygens (including phenoxy) is 1. The number of piperidine rings is 1. The van der Waals surface area contributed by atoms with Crippen LogP contribution in [-0.4, -0.2) is 31.6 Å². The molecule has 1 aliphatic heterocycles. The van der Waals surface area contributed by atoms with Gasteiger partial charge in [-0.25, -0.2) is 4.39 Å². The number of halogens is 1. The van der Waals surface area contributed by atoms with Crippen LogP contribution in [0.15, 0.2) is 18.2 Å². The topological polar surface area (TPSA) is 12.5 Å². The van der Waals surface area contributed by atoms with Gasteiger partial charge in [0.05, 0.1) is 6.61 Å². The molecule has 17 heavy (non-hydrogen) atoms. The van der Waals surface area contributed by atoms with E-state index in [4.69, 9.17) is 4.74 Å². The van der Waals surface area contributed by atoms with Gasteiger partial charge in [0, 0.05) is 18.5 Å². The van der Waals surface area contributed by atoms with Crippen LogP contribution in [0.5, 0.6) is 5.75 Å². The highest BCUT2D eigenvalue weighted by Gasteiger charge is 2.22. The van der Waals surface area contributed by atoms with Crippen LogP contribution in [-0.2, 0) is 0 Å². The average molecular weight is 237 g/mol. The standard InChI is InChI=1S/C14H20FNO/c1-3-17-14-9-12(15)6-7-13(14)11-5-4-8-16(2)10-11/h6-7,9,11H,3-5,8,10H2,1-2H3. The van der Waals surface area contributed by atoms with E-state index >= 15 is 0 Å². The molecule has 0 amide bonds. The maximum atomic E-state index is 13.2. The lowest BCUT2D eigenvalue weighted by molar-refractivity contribution is 0.245. The summed E-state index contributed by atoms with van der Waals surface area (Å²) in [6.45, 7) is 4.70. The van der Waals surface area contributed by atoms with Gasteiger partial charge in [-0.1, -0.05) is 6.07 Å². The van der Waals surface area contributed by atoms with Gasteiger partial charge in [-0.05, 0) is 45.0 Å². The van der Waals surface area contributed by atoms with Crippen LogP contribution >= 0.6 is 0 Å². The minimum absolute atomic E-state index is 0.221. The molecule has 0 aromatic heterocycles. The number of likely N-dealkylation sites (tertiary alicyclic amines) is 1. The van der Waals surface area contributed by atoms with E-state index < -0.39 is 0 Å². The molecule has 0 spiro atoms. The van der Waals surface area contributed by atoms with Crippen molar-refractivity contribution in [3.63, 3.8) is 0 Å². The first-order valence-corrected chi connectivity index (χ1v) is 6.31. The third-order valence-corrected chi connectivity index (χ3v) is 3.34. The lowest BCUT2D eigenvalue weighted by atomic mass is 9.90. The number of benzene rings is 1. The molecule has 1 aliphatic rings. The van der Waals surface area contributed by atoms with Gasteiger partial charge in [0.2, 0.25) is 0 Å². The third kappa shape index (κ3) is 2.97. The van der Waals surface area contributed by atoms with Crippen molar-refractivity contribution in [3.05, 3.63) is 29.6 Å². The predicted molar refractivity (Wildman–Crippen MR) is 67.0 cm³/mol. The van der Waals surface area contributed by atoms with E-state index in [-0.39, 0.29) is 5.82 Å². The van der Waals surface area contributed by atoms with Crippen LogP contribution in [0.25, 0.3) is 0 Å². The van der Waals surface area contributed by atoms with Gasteiger partial charge in [0.25, 0.3) is 0 Å². The monoisotopic (exact) mass is 237 g/mol. The van der Waals surface area contributed by atoms with Crippen molar-refractivity contribution in [2.45, 2.75) is 25.7 Å². The molecule has 0 aliphatic carbocycles. The Labute approximate surface area is 102 Å². The van der Waals surface area contributed by atoms with Crippen LogP contribution in [0, 0.1) is 5.82 Å². The summed E-state index contributed by atoms with van der Waals surface area (Å²) < 4.78 is 18.8. The van der Waals surface area contributed by atoms with Crippen molar-refractivity contribution >= 4 is 0 Å². The zero-order valence-corrected chi connectivity index (χ0v) is 10.6. The molecule has 2 nitrogen and oxygen atoms in total. The number of hydrogen-bond donors (Lipinski definition) is 0. The van der Waals surface area contributed by atoms with E-state index in [9.17, 15) is 4.39 Å². The molecule has 3 heteroatoms. The zero-order chi connectivity index (χ0) is 12.3. The van der Waals surface area contributed by atoms with E-state index in [1.54, 1.807) is 0 Å². The largest absolute Gasteiger partial charge is 0.493 e. The predicted octanol–water partition coefficient (Wildman–Crippen LogP) is 3.03. The van der Waals surface area contributed by atoms with Crippen molar-refractivity contribution in [2.24, 2.45) is 0 Å². The van der Waals surface area contributed by atoms with Gasteiger partial charge in [-0.15, -0.1) is 0 Å².